The summed E-state index contributed by atoms with van der Waals surface area (Å²) in [6.07, 6.45) is 2.93. The maximum Gasteiger partial charge on any atom is 0.204 e. The molecule has 2 aromatic rings. The Labute approximate surface area is 130 Å². The fraction of sp³-hybridized carbons (Fsp3) is 0.588. The van der Waals surface area contributed by atoms with Gasteiger partial charge in [-0.2, -0.15) is 0 Å². The highest BCUT2D eigenvalue weighted by Crippen LogP contribution is 2.37. The topological polar surface area (TPSA) is 61.4 Å². The van der Waals surface area contributed by atoms with Crippen molar-refractivity contribution in [2.75, 3.05) is 24.7 Å². The molecule has 2 N–H and O–H groups in total. The molecule has 22 heavy (non-hydrogen) atoms. The highest BCUT2D eigenvalue weighted by Gasteiger charge is 2.44. The molecule has 1 aromatic heterocycles. The molecule has 0 spiro atoms. The molecule has 118 valence electrons. The summed E-state index contributed by atoms with van der Waals surface area (Å²) in [5.41, 5.74) is 1.40. The van der Waals surface area contributed by atoms with Crippen LogP contribution in [0.5, 0.6) is 0 Å². The molecule has 0 saturated carbocycles. The summed E-state index contributed by atoms with van der Waals surface area (Å²) in [5.74, 6) is 1.06. The number of aromatic amines is 1. The fourth-order valence-corrected chi connectivity index (χ4v) is 3.93. The summed E-state index contributed by atoms with van der Waals surface area (Å²) in [4.78, 5) is 10.5. The Morgan fingerprint density at radius 2 is 2.27 bits per heavy atom. The van der Waals surface area contributed by atoms with E-state index in [1.165, 1.54) is 0 Å². The minimum atomic E-state index is -0.655. The highest BCUT2D eigenvalue weighted by atomic mass is 16.5. The molecule has 0 bridgehead atoms. The number of anilines is 1. The lowest BCUT2D eigenvalue weighted by atomic mass is 9.79. The molecule has 0 amide bonds. The number of benzene rings is 1. The third-order valence-electron chi connectivity index (χ3n) is 5.26. The largest absolute Gasteiger partial charge is 0.390 e. The molecule has 1 aromatic carbocycles. The normalized spacial score (nSPS) is 32.7. The van der Waals surface area contributed by atoms with Crippen LogP contribution in [0.4, 0.5) is 5.95 Å². The Morgan fingerprint density at radius 3 is 3.09 bits per heavy atom. The zero-order chi connectivity index (χ0) is 15.2. The molecule has 2 fully saturated rings. The van der Waals surface area contributed by atoms with Crippen molar-refractivity contribution >= 4 is 17.0 Å². The lowest BCUT2D eigenvalue weighted by Crippen LogP contribution is -2.52. The Morgan fingerprint density at radius 1 is 1.41 bits per heavy atom. The van der Waals surface area contributed by atoms with Gasteiger partial charge in [-0.25, -0.2) is 4.98 Å². The predicted octanol–water partition coefficient (Wildman–Crippen LogP) is 2.32. The Hall–Kier alpha value is -1.59. The van der Waals surface area contributed by atoms with Crippen molar-refractivity contribution in [1.82, 2.24) is 9.97 Å². The number of H-pyrrole nitrogens is 1. The van der Waals surface area contributed by atoms with Crippen LogP contribution in [0, 0.1) is 5.92 Å². The van der Waals surface area contributed by atoms with Crippen LogP contribution in [0.2, 0.25) is 0 Å². The molecule has 2 aliphatic rings. The van der Waals surface area contributed by atoms with Gasteiger partial charge in [0.25, 0.3) is 0 Å². The minimum absolute atomic E-state index is 0.136. The smallest absolute Gasteiger partial charge is 0.204 e. The van der Waals surface area contributed by atoms with E-state index in [9.17, 15) is 5.11 Å². The molecule has 4 rings (SSSR count). The van der Waals surface area contributed by atoms with Gasteiger partial charge in [-0.15, -0.1) is 0 Å². The second kappa shape index (κ2) is 5.25. The number of hydrogen-bond acceptors (Lipinski definition) is 4. The molecular weight excluding hydrogens is 278 g/mol. The van der Waals surface area contributed by atoms with Crippen LogP contribution >= 0.6 is 0 Å². The summed E-state index contributed by atoms with van der Waals surface area (Å²) in [6.45, 7) is 4.22. The molecule has 2 saturated heterocycles. The Bertz CT molecular complexity index is 634. The van der Waals surface area contributed by atoms with Gasteiger partial charge in [-0.3, -0.25) is 0 Å². The quantitative estimate of drug-likeness (QED) is 0.893. The van der Waals surface area contributed by atoms with Crippen LogP contribution in [0.15, 0.2) is 24.3 Å². The van der Waals surface area contributed by atoms with E-state index in [0.717, 1.165) is 36.4 Å². The first-order chi connectivity index (χ1) is 10.6. The van der Waals surface area contributed by atoms with Crippen molar-refractivity contribution in [1.29, 1.82) is 0 Å². The third-order valence-corrected chi connectivity index (χ3v) is 5.26. The molecule has 2 aliphatic heterocycles. The minimum Gasteiger partial charge on any atom is -0.390 e. The summed E-state index contributed by atoms with van der Waals surface area (Å²) >= 11 is 0. The number of fused-ring (bicyclic) bond motifs is 1. The molecule has 3 unspecified atom stereocenters. The van der Waals surface area contributed by atoms with Gasteiger partial charge in [-0.05, 0) is 38.3 Å². The van der Waals surface area contributed by atoms with Crippen LogP contribution in [0.3, 0.4) is 0 Å². The molecule has 0 aliphatic carbocycles. The second-order valence-electron chi connectivity index (χ2n) is 6.77. The first-order valence-corrected chi connectivity index (χ1v) is 8.17. The lowest BCUT2D eigenvalue weighted by molar-refractivity contribution is -0.108. The molecule has 5 nitrogen and oxygen atoms in total. The third kappa shape index (κ3) is 2.29. The summed E-state index contributed by atoms with van der Waals surface area (Å²) < 4.78 is 5.66. The monoisotopic (exact) mass is 301 g/mol. The Kier molecular flexibility index (Phi) is 3.35. The van der Waals surface area contributed by atoms with Crippen molar-refractivity contribution < 1.29 is 9.84 Å². The number of imidazole rings is 1. The molecule has 0 radical (unpaired) electrons. The molecular formula is C17H23N3O2. The molecule has 3 atom stereocenters. The predicted molar refractivity (Wildman–Crippen MR) is 86.0 cm³/mol. The molecule has 3 heterocycles. The first kappa shape index (κ1) is 14.0. The standard InChI is InChI=1S/C17H23N3O2/c1-17(21)8-10-22-11-12(17)15-7-4-9-20(15)16-18-13-5-2-3-6-14(13)19-16/h2-3,5-6,12,15,21H,4,7-11H2,1H3,(H,18,19). The number of aliphatic hydroxyl groups is 1. The number of ether oxygens (including phenoxy) is 1. The first-order valence-electron chi connectivity index (χ1n) is 8.17. The molecule has 5 heteroatoms. The number of hydrogen-bond donors (Lipinski definition) is 2. The van der Waals surface area contributed by atoms with Crippen LogP contribution in [-0.4, -0.2) is 46.5 Å². The second-order valence-corrected chi connectivity index (χ2v) is 6.77. The van der Waals surface area contributed by atoms with Crippen molar-refractivity contribution in [2.24, 2.45) is 5.92 Å². The van der Waals surface area contributed by atoms with E-state index < -0.39 is 5.60 Å². The van der Waals surface area contributed by atoms with Gasteiger partial charge in [0.15, 0.2) is 0 Å². The van der Waals surface area contributed by atoms with Crippen LogP contribution in [0.1, 0.15) is 26.2 Å². The van der Waals surface area contributed by atoms with E-state index in [4.69, 9.17) is 9.72 Å². The number of para-hydroxylation sites is 2. The number of nitrogens with zero attached hydrogens (tertiary/aromatic N) is 2. The van der Waals surface area contributed by atoms with E-state index in [2.05, 4.69) is 16.0 Å². The number of aromatic nitrogens is 2. The van der Waals surface area contributed by atoms with E-state index in [1.54, 1.807) is 0 Å². The van der Waals surface area contributed by atoms with Gasteiger partial charge in [0, 0.05) is 25.1 Å². The van der Waals surface area contributed by atoms with Crippen LogP contribution in [0.25, 0.3) is 11.0 Å². The van der Waals surface area contributed by atoms with Crippen molar-refractivity contribution in [3.63, 3.8) is 0 Å². The van der Waals surface area contributed by atoms with Gasteiger partial charge < -0.3 is 19.7 Å². The van der Waals surface area contributed by atoms with E-state index in [0.29, 0.717) is 19.6 Å². The number of rotatable bonds is 2. The van der Waals surface area contributed by atoms with E-state index in [-0.39, 0.29) is 12.0 Å². The van der Waals surface area contributed by atoms with Gasteiger partial charge >= 0.3 is 0 Å². The summed E-state index contributed by atoms with van der Waals surface area (Å²) in [5, 5.41) is 10.8. The van der Waals surface area contributed by atoms with Crippen LogP contribution in [-0.2, 0) is 4.74 Å². The summed E-state index contributed by atoms with van der Waals surface area (Å²) in [7, 11) is 0. The maximum absolute atomic E-state index is 10.8. The number of nitrogens with one attached hydrogen (secondary N) is 1. The maximum atomic E-state index is 10.8. The van der Waals surface area contributed by atoms with Gasteiger partial charge in [0.1, 0.15) is 0 Å². The van der Waals surface area contributed by atoms with Crippen LogP contribution < -0.4 is 4.90 Å². The Balaban J connectivity index is 1.65. The lowest BCUT2D eigenvalue weighted by Gasteiger charge is -2.43. The average molecular weight is 301 g/mol. The van der Waals surface area contributed by atoms with Crippen molar-refractivity contribution in [3.8, 4) is 0 Å². The summed E-state index contributed by atoms with van der Waals surface area (Å²) in [6, 6.07) is 8.40. The average Bonchev–Trinajstić information content (AvgIpc) is 3.12. The zero-order valence-electron chi connectivity index (χ0n) is 13.0. The highest BCUT2D eigenvalue weighted by molar-refractivity contribution is 5.77. The van der Waals surface area contributed by atoms with E-state index in [1.807, 2.05) is 25.1 Å². The van der Waals surface area contributed by atoms with E-state index >= 15 is 0 Å². The zero-order valence-corrected chi connectivity index (χ0v) is 13.0. The van der Waals surface area contributed by atoms with Gasteiger partial charge in [0.2, 0.25) is 5.95 Å². The van der Waals surface area contributed by atoms with Crippen molar-refractivity contribution in [3.05, 3.63) is 24.3 Å². The van der Waals surface area contributed by atoms with Crippen molar-refractivity contribution in [2.45, 2.75) is 37.8 Å². The fourth-order valence-electron chi connectivity index (χ4n) is 3.93. The van der Waals surface area contributed by atoms with Gasteiger partial charge in [0.05, 0.1) is 23.2 Å². The van der Waals surface area contributed by atoms with Gasteiger partial charge in [-0.1, -0.05) is 12.1 Å². The SMILES string of the molecule is CC1(O)CCOCC1C1CCCN1c1nc2ccccc2[nH]1.